The number of thioether (sulfide) groups is 1. The molecule has 1 aliphatic heterocycles. The van der Waals surface area contributed by atoms with E-state index in [0.29, 0.717) is 18.6 Å². The number of carbonyl (C=O) groups excluding carboxylic acids is 2. The van der Waals surface area contributed by atoms with Gasteiger partial charge in [-0.3, -0.25) is 14.9 Å². The van der Waals surface area contributed by atoms with Crippen LogP contribution in [0.15, 0.2) is 42.5 Å². The predicted octanol–water partition coefficient (Wildman–Crippen LogP) is 5.86. The highest BCUT2D eigenvalue weighted by Gasteiger charge is 2.33. The zero-order valence-electron chi connectivity index (χ0n) is 16.7. The lowest BCUT2D eigenvalue weighted by molar-refractivity contribution is -0.275. The normalized spacial score (nSPS) is 15.9. The summed E-state index contributed by atoms with van der Waals surface area (Å²) in [5, 5.41) is 1.39. The average Bonchev–Trinajstić information content (AvgIpc) is 3.02. The molecule has 9 heteroatoms. The van der Waals surface area contributed by atoms with Gasteiger partial charge in [0.15, 0.2) is 11.5 Å². The van der Waals surface area contributed by atoms with Crippen molar-refractivity contribution in [1.82, 2.24) is 5.32 Å². The molecule has 0 spiro atoms. The Morgan fingerprint density at radius 3 is 2.27 bits per heavy atom. The molecule has 0 aromatic heterocycles. The van der Waals surface area contributed by atoms with Crippen molar-refractivity contribution in [3.63, 3.8) is 0 Å². The first-order valence-electron chi connectivity index (χ1n) is 9.41. The van der Waals surface area contributed by atoms with E-state index in [0.717, 1.165) is 22.9 Å². The number of imide groups is 1. The lowest BCUT2D eigenvalue weighted by Gasteiger charge is -2.15. The van der Waals surface area contributed by atoms with Crippen molar-refractivity contribution in [2.24, 2.45) is 0 Å². The third-order valence-corrected chi connectivity index (χ3v) is 5.01. The quantitative estimate of drug-likeness (QED) is 0.608. The number of carbonyl (C=O) groups is 2. The summed E-state index contributed by atoms with van der Waals surface area (Å²) in [5.74, 6) is -0.477. The molecule has 1 fully saturated rings. The molecule has 0 bridgehead atoms. The summed E-state index contributed by atoms with van der Waals surface area (Å²) in [4.78, 5) is 23.1. The summed E-state index contributed by atoms with van der Waals surface area (Å²) in [6.07, 6.45) is -3.82. The fourth-order valence-electron chi connectivity index (χ4n) is 2.79. The molecule has 2 aromatic rings. The van der Waals surface area contributed by atoms with Crippen molar-refractivity contribution in [2.45, 2.75) is 45.2 Å². The zero-order valence-corrected chi connectivity index (χ0v) is 17.5. The highest BCUT2D eigenvalue weighted by Crippen LogP contribution is 2.36. The maximum Gasteiger partial charge on any atom is 0.573 e. The van der Waals surface area contributed by atoms with Crippen LogP contribution in [0.25, 0.3) is 0 Å². The first-order chi connectivity index (χ1) is 14.2. The van der Waals surface area contributed by atoms with Gasteiger partial charge in [0, 0.05) is 0 Å². The van der Waals surface area contributed by atoms with Crippen LogP contribution in [-0.4, -0.2) is 22.8 Å². The molecule has 3 rings (SSSR count). The Balaban J connectivity index is 0.00000155. The van der Waals surface area contributed by atoms with Gasteiger partial charge < -0.3 is 9.47 Å². The predicted molar refractivity (Wildman–Crippen MR) is 109 cm³/mol. The van der Waals surface area contributed by atoms with Crippen LogP contribution in [-0.2, 0) is 17.6 Å². The molecule has 2 amide bonds. The minimum Gasteiger partial charge on any atom is -0.453 e. The van der Waals surface area contributed by atoms with Gasteiger partial charge in [-0.1, -0.05) is 50.7 Å². The molecule has 0 radical (unpaired) electrons. The van der Waals surface area contributed by atoms with Crippen LogP contribution >= 0.6 is 11.8 Å². The minimum absolute atomic E-state index is 0.0639. The van der Waals surface area contributed by atoms with Gasteiger partial charge in [-0.25, -0.2) is 0 Å². The third kappa shape index (κ3) is 6.41. The Bertz CT molecular complexity index is 902. The van der Waals surface area contributed by atoms with Gasteiger partial charge in [-0.05, 0) is 48.2 Å². The SMILES string of the molecule is CC.CCc1cc(Oc2ccccc2OC(F)(F)F)ccc1CC1SC(=O)NC1=O. The molecule has 2 aromatic carbocycles. The zero-order chi connectivity index (χ0) is 22.3. The van der Waals surface area contributed by atoms with E-state index in [-0.39, 0.29) is 16.9 Å². The average molecular weight is 441 g/mol. The molecular formula is C21H22F3NO4S. The van der Waals surface area contributed by atoms with E-state index < -0.39 is 17.4 Å². The molecule has 1 unspecified atom stereocenters. The number of hydrogen-bond acceptors (Lipinski definition) is 5. The maximum atomic E-state index is 12.5. The van der Waals surface area contributed by atoms with Crippen molar-refractivity contribution in [2.75, 3.05) is 0 Å². The highest BCUT2D eigenvalue weighted by atomic mass is 32.2. The van der Waals surface area contributed by atoms with Crippen LogP contribution in [0.4, 0.5) is 18.0 Å². The summed E-state index contributed by atoms with van der Waals surface area (Å²) < 4.78 is 47.2. The Kier molecular flexibility index (Phi) is 8.16. The fourth-order valence-corrected chi connectivity index (χ4v) is 3.64. The smallest absolute Gasteiger partial charge is 0.453 e. The Morgan fingerprint density at radius 1 is 1.03 bits per heavy atom. The van der Waals surface area contributed by atoms with Crippen LogP contribution in [0.5, 0.6) is 17.2 Å². The summed E-state index contributed by atoms with van der Waals surface area (Å²) in [6, 6.07) is 10.6. The molecule has 1 aliphatic rings. The second-order valence-electron chi connectivity index (χ2n) is 5.97. The van der Waals surface area contributed by atoms with Gasteiger partial charge in [0.1, 0.15) is 5.75 Å². The summed E-state index contributed by atoms with van der Waals surface area (Å²) >= 11 is 0.948. The fraction of sp³-hybridized carbons (Fsp3) is 0.333. The number of rotatable bonds is 6. The standard InChI is InChI=1S/C19H16F3NO4S.C2H6/c1-2-11-9-13(8-7-12(11)10-16-17(24)23-18(25)28-16)26-14-5-3-4-6-15(14)27-19(20,21)22;1-2/h3-9,16H,2,10H2,1H3,(H,23,24,25);1-2H3. The van der Waals surface area contributed by atoms with Crippen molar-refractivity contribution < 1.29 is 32.2 Å². The first-order valence-corrected chi connectivity index (χ1v) is 10.3. The minimum atomic E-state index is -4.82. The number of benzene rings is 2. The Morgan fingerprint density at radius 2 is 1.70 bits per heavy atom. The summed E-state index contributed by atoms with van der Waals surface area (Å²) in [6.45, 7) is 5.91. The van der Waals surface area contributed by atoms with Crippen LogP contribution in [0.3, 0.4) is 0 Å². The Hall–Kier alpha value is -2.68. The van der Waals surface area contributed by atoms with Gasteiger partial charge in [0.2, 0.25) is 5.91 Å². The second kappa shape index (κ2) is 10.4. The van der Waals surface area contributed by atoms with E-state index in [1.54, 1.807) is 24.3 Å². The number of amides is 2. The molecule has 0 aliphatic carbocycles. The highest BCUT2D eigenvalue weighted by molar-refractivity contribution is 8.15. The van der Waals surface area contributed by atoms with Crippen LogP contribution in [0.2, 0.25) is 0 Å². The molecular weight excluding hydrogens is 419 g/mol. The molecule has 1 N–H and O–H groups in total. The van der Waals surface area contributed by atoms with Gasteiger partial charge >= 0.3 is 6.36 Å². The first kappa shape index (κ1) is 23.6. The molecule has 1 atom stereocenters. The van der Waals surface area contributed by atoms with E-state index in [1.165, 1.54) is 18.2 Å². The van der Waals surface area contributed by atoms with E-state index >= 15 is 0 Å². The number of alkyl halides is 3. The molecule has 0 saturated carbocycles. The van der Waals surface area contributed by atoms with Crippen molar-refractivity contribution >= 4 is 22.9 Å². The molecule has 30 heavy (non-hydrogen) atoms. The molecule has 1 saturated heterocycles. The lowest BCUT2D eigenvalue weighted by Crippen LogP contribution is -2.25. The number of hydrogen-bond donors (Lipinski definition) is 1. The van der Waals surface area contributed by atoms with Gasteiger partial charge in [-0.15, -0.1) is 13.2 Å². The van der Waals surface area contributed by atoms with Gasteiger partial charge in [0.05, 0.1) is 5.25 Å². The number of aryl methyl sites for hydroxylation is 1. The maximum absolute atomic E-state index is 12.5. The van der Waals surface area contributed by atoms with Crippen molar-refractivity contribution in [3.8, 4) is 17.2 Å². The summed E-state index contributed by atoms with van der Waals surface area (Å²) in [5.41, 5.74) is 1.75. The number of halogens is 3. The monoisotopic (exact) mass is 441 g/mol. The Labute approximate surface area is 176 Å². The van der Waals surface area contributed by atoms with E-state index in [9.17, 15) is 22.8 Å². The van der Waals surface area contributed by atoms with Crippen LogP contribution in [0.1, 0.15) is 31.9 Å². The van der Waals surface area contributed by atoms with Gasteiger partial charge in [-0.2, -0.15) is 0 Å². The topological polar surface area (TPSA) is 64.6 Å². The number of para-hydroxylation sites is 2. The third-order valence-electron chi connectivity index (χ3n) is 4.03. The molecule has 162 valence electrons. The number of nitrogens with one attached hydrogen (secondary N) is 1. The van der Waals surface area contributed by atoms with E-state index in [1.807, 2.05) is 20.8 Å². The van der Waals surface area contributed by atoms with E-state index in [2.05, 4.69) is 10.1 Å². The van der Waals surface area contributed by atoms with Crippen molar-refractivity contribution in [3.05, 3.63) is 53.6 Å². The van der Waals surface area contributed by atoms with Crippen LogP contribution < -0.4 is 14.8 Å². The molecule has 1 heterocycles. The summed E-state index contributed by atoms with van der Waals surface area (Å²) in [7, 11) is 0. The van der Waals surface area contributed by atoms with Crippen LogP contribution in [0, 0.1) is 0 Å². The van der Waals surface area contributed by atoms with E-state index in [4.69, 9.17) is 4.74 Å². The molecule has 5 nitrogen and oxygen atoms in total. The van der Waals surface area contributed by atoms with Crippen molar-refractivity contribution in [1.29, 1.82) is 0 Å². The van der Waals surface area contributed by atoms with Gasteiger partial charge in [0.25, 0.3) is 5.24 Å². The number of ether oxygens (including phenoxy) is 2. The second-order valence-corrected chi connectivity index (χ2v) is 7.14. The largest absolute Gasteiger partial charge is 0.573 e. The lowest BCUT2D eigenvalue weighted by atomic mass is 10.00.